The van der Waals surface area contributed by atoms with Crippen LogP contribution < -0.4 is 0 Å². The highest BCUT2D eigenvalue weighted by molar-refractivity contribution is 5.42. The molecule has 0 nitrogen and oxygen atoms in total. The van der Waals surface area contributed by atoms with Crippen LogP contribution in [0, 0.1) is 0 Å². The fourth-order valence-corrected chi connectivity index (χ4v) is 4.27. The van der Waals surface area contributed by atoms with E-state index in [-0.39, 0.29) is 5.41 Å². The topological polar surface area (TPSA) is 0 Å². The van der Waals surface area contributed by atoms with Gasteiger partial charge in [-0.25, -0.2) is 0 Å². The Hall–Kier alpha value is -1.56. The fourth-order valence-electron chi connectivity index (χ4n) is 4.27. The highest BCUT2D eigenvalue weighted by Gasteiger charge is 2.35. The van der Waals surface area contributed by atoms with Crippen molar-refractivity contribution in [2.45, 2.75) is 77.0 Å². The third kappa shape index (κ3) is 3.29. The molecule has 2 aromatic rings. The Morgan fingerprint density at radius 2 is 0.958 bits per heavy atom. The standard InChI is InChI=1S/C24H32/c1-18(2)20-8-12-22(13-9-20)24(16-6-5-7-17-24)23-14-10-21(11-15-23)19(3)4/h8-15,18-19H,5-7,16-17H2,1-4H3. The predicted octanol–water partition coefficient (Wildman–Crippen LogP) is 7.18. The molecule has 0 aliphatic heterocycles. The molecule has 1 saturated carbocycles. The molecule has 1 aliphatic rings. The van der Waals surface area contributed by atoms with Gasteiger partial charge in [0.05, 0.1) is 0 Å². The molecule has 0 unspecified atom stereocenters. The summed E-state index contributed by atoms with van der Waals surface area (Å²) >= 11 is 0. The van der Waals surface area contributed by atoms with Crippen LogP contribution >= 0.6 is 0 Å². The maximum absolute atomic E-state index is 2.40. The molecular weight excluding hydrogens is 288 g/mol. The minimum absolute atomic E-state index is 0.225. The average molecular weight is 321 g/mol. The van der Waals surface area contributed by atoms with Crippen LogP contribution in [-0.4, -0.2) is 0 Å². The molecule has 3 rings (SSSR count). The summed E-state index contributed by atoms with van der Waals surface area (Å²) in [5.74, 6) is 1.21. The first-order valence-corrected chi connectivity index (χ1v) is 9.74. The Bertz CT molecular complexity index is 584. The Labute approximate surface area is 148 Å². The van der Waals surface area contributed by atoms with Gasteiger partial charge in [0, 0.05) is 5.41 Å². The minimum atomic E-state index is 0.225. The molecule has 0 heteroatoms. The molecule has 0 amide bonds. The molecule has 1 fully saturated rings. The Morgan fingerprint density at radius 3 is 1.29 bits per heavy atom. The van der Waals surface area contributed by atoms with Gasteiger partial charge in [-0.1, -0.05) is 95.5 Å². The molecule has 0 saturated heterocycles. The van der Waals surface area contributed by atoms with Crippen LogP contribution in [-0.2, 0) is 5.41 Å². The maximum Gasteiger partial charge on any atom is 0.0202 e. The van der Waals surface area contributed by atoms with Crippen molar-refractivity contribution in [3.63, 3.8) is 0 Å². The van der Waals surface area contributed by atoms with Crippen LogP contribution in [0.25, 0.3) is 0 Å². The lowest BCUT2D eigenvalue weighted by Gasteiger charge is -2.39. The SMILES string of the molecule is CC(C)c1ccc(C2(c3ccc(C(C)C)cc3)CCCCC2)cc1. The lowest BCUT2D eigenvalue weighted by Crippen LogP contribution is -2.30. The molecule has 0 N–H and O–H groups in total. The van der Waals surface area contributed by atoms with E-state index in [1.54, 1.807) is 0 Å². The first kappa shape index (κ1) is 17.3. The van der Waals surface area contributed by atoms with Gasteiger partial charge in [0.25, 0.3) is 0 Å². The van der Waals surface area contributed by atoms with Gasteiger partial charge in [0.2, 0.25) is 0 Å². The molecule has 0 bridgehead atoms. The highest BCUT2D eigenvalue weighted by Crippen LogP contribution is 2.45. The maximum atomic E-state index is 2.40. The Kier molecular flexibility index (Phi) is 5.13. The predicted molar refractivity (Wildman–Crippen MR) is 105 cm³/mol. The normalized spacial score (nSPS) is 17.4. The van der Waals surface area contributed by atoms with E-state index < -0.39 is 0 Å². The average Bonchev–Trinajstić information content (AvgIpc) is 2.62. The fraction of sp³-hybridized carbons (Fsp3) is 0.500. The lowest BCUT2D eigenvalue weighted by molar-refractivity contribution is 0.346. The summed E-state index contributed by atoms with van der Waals surface area (Å²) in [6.07, 6.45) is 6.65. The van der Waals surface area contributed by atoms with Gasteiger partial charge in [-0.05, 0) is 46.9 Å². The van der Waals surface area contributed by atoms with Gasteiger partial charge >= 0.3 is 0 Å². The summed E-state index contributed by atoms with van der Waals surface area (Å²) in [5, 5.41) is 0. The van der Waals surface area contributed by atoms with Crippen LogP contribution in [0.1, 0.15) is 93.9 Å². The molecule has 128 valence electrons. The summed E-state index contributed by atoms with van der Waals surface area (Å²) in [6, 6.07) is 19.0. The van der Waals surface area contributed by atoms with E-state index in [2.05, 4.69) is 76.2 Å². The third-order valence-corrected chi connectivity index (χ3v) is 5.97. The summed E-state index contributed by atoms with van der Waals surface area (Å²) in [7, 11) is 0. The summed E-state index contributed by atoms with van der Waals surface area (Å²) < 4.78 is 0. The van der Waals surface area contributed by atoms with Crippen LogP contribution in [0.4, 0.5) is 0 Å². The number of rotatable bonds is 4. The van der Waals surface area contributed by atoms with Crippen molar-refractivity contribution < 1.29 is 0 Å². The second-order valence-electron chi connectivity index (χ2n) is 8.20. The van der Waals surface area contributed by atoms with Crippen LogP contribution in [0.15, 0.2) is 48.5 Å². The summed E-state index contributed by atoms with van der Waals surface area (Å²) in [5.41, 5.74) is 6.15. The van der Waals surface area contributed by atoms with Gasteiger partial charge in [-0.2, -0.15) is 0 Å². The molecule has 0 heterocycles. The van der Waals surface area contributed by atoms with Gasteiger partial charge in [-0.3, -0.25) is 0 Å². The van der Waals surface area contributed by atoms with Crippen molar-refractivity contribution in [3.8, 4) is 0 Å². The number of hydrogen-bond acceptors (Lipinski definition) is 0. The minimum Gasteiger partial charge on any atom is -0.0587 e. The summed E-state index contributed by atoms with van der Waals surface area (Å²) in [6.45, 7) is 9.10. The van der Waals surface area contributed by atoms with Crippen LogP contribution in [0.2, 0.25) is 0 Å². The van der Waals surface area contributed by atoms with E-state index in [0.29, 0.717) is 11.8 Å². The monoisotopic (exact) mass is 320 g/mol. The molecular formula is C24H32. The molecule has 1 aliphatic carbocycles. The lowest BCUT2D eigenvalue weighted by atomic mass is 9.65. The molecule has 0 spiro atoms. The number of benzene rings is 2. The van der Waals surface area contributed by atoms with Gasteiger partial charge in [-0.15, -0.1) is 0 Å². The molecule has 0 atom stereocenters. The summed E-state index contributed by atoms with van der Waals surface area (Å²) in [4.78, 5) is 0. The van der Waals surface area contributed by atoms with E-state index in [9.17, 15) is 0 Å². The van der Waals surface area contributed by atoms with E-state index in [1.165, 1.54) is 54.4 Å². The Morgan fingerprint density at radius 1 is 0.583 bits per heavy atom. The zero-order valence-corrected chi connectivity index (χ0v) is 15.8. The van der Waals surface area contributed by atoms with E-state index in [0.717, 1.165) is 0 Å². The third-order valence-electron chi connectivity index (χ3n) is 5.97. The zero-order chi connectivity index (χ0) is 17.2. The van der Waals surface area contributed by atoms with E-state index in [1.807, 2.05) is 0 Å². The van der Waals surface area contributed by atoms with Crippen LogP contribution in [0.3, 0.4) is 0 Å². The van der Waals surface area contributed by atoms with Gasteiger partial charge in [0.1, 0.15) is 0 Å². The largest absolute Gasteiger partial charge is 0.0587 e. The van der Waals surface area contributed by atoms with Crippen molar-refractivity contribution in [3.05, 3.63) is 70.8 Å². The van der Waals surface area contributed by atoms with Crippen molar-refractivity contribution in [2.24, 2.45) is 0 Å². The highest BCUT2D eigenvalue weighted by atomic mass is 14.4. The molecule has 2 aromatic carbocycles. The van der Waals surface area contributed by atoms with Crippen molar-refractivity contribution >= 4 is 0 Å². The van der Waals surface area contributed by atoms with Crippen molar-refractivity contribution in [2.75, 3.05) is 0 Å². The first-order valence-electron chi connectivity index (χ1n) is 9.74. The second kappa shape index (κ2) is 7.13. The smallest absolute Gasteiger partial charge is 0.0202 e. The number of hydrogen-bond donors (Lipinski definition) is 0. The van der Waals surface area contributed by atoms with Crippen LogP contribution in [0.5, 0.6) is 0 Å². The quantitative estimate of drug-likeness (QED) is 0.559. The molecule has 0 aromatic heterocycles. The second-order valence-corrected chi connectivity index (χ2v) is 8.20. The zero-order valence-electron chi connectivity index (χ0n) is 15.8. The van der Waals surface area contributed by atoms with Gasteiger partial charge in [0.15, 0.2) is 0 Å². The van der Waals surface area contributed by atoms with Crippen molar-refractivity contribution in [1.82, 2.24) is 0 Å². The van der Waals surface area contributed by atoms with Gasteiger partial charge < -0.3 is 0 Å². The van der Waals surface area contributed by atoms with Crippen molar-refractivity contribution in [1.29, 1.82) is 0 Å². The van der Waals surface area contributed by atoms with E-state index >= 15 is 0 Å². The molecule has 24 heavy (non-hydrogen) atoms. The first-order chi connectivity index (χ1) is 11.5. The van der Waals surface area contributed by atoms with E-state index in [4.69, 9.17) is 0 Å². The Balaban J connectivity index is 2.01. The molecule has 0 radical (unpaired) electrons.